The molecule has 0 aliphatic carbocycles. The average Bonchev–Trinajstić information content (AvgIpc) is 2.26. The molecule has 0 spiro atoms. The van der Waals surface area contributed by atoms with Crippen LogP contribution in [0.4, 0.5) is 0 Å². The van der Waals surface area contributed by atoms with E-state index in [0.717, 1.165) is 12.0 Å². The molecular formula is C14H21ClO2. The molecule has 2 nitrogen and oxygen atoms in total. The first kappa shape index (κ1) is 14.5. The summed E-state index contributed by atoms with van der Waals surface area (Å²) < 4.78 is 0. The summed E-state index contributed by atoms with van der Waals surface area (Å²) in [7, 11) is 0. The summed E-state index contributed by atoms with van der Waals surface area (Å²) >= 11 is 5.81. The summed E-state index contributed by atoms with van der Waals surface area (Å²) in [6.07, 6.45) is 1.26. The fourth-order valence-electron chi connectivity index (χ4n) is 1.69. The Hall–Kier alpha value is -0.570. The summed E-state index contributed by atoms with van der Waals surface area (Å²) in [4.78, 5) is 0. The SMILES string of the molecule is CC(C)(C)C(O)(CO)CCc1ccc(Cl)cc1. The van der Waals surface area contributed by atoms with Crippen molar-refractivity contribution in [2.24, 2.45) is 5.41 Å². The maximum absolute atomic E-state index is 10.4. The van der Waals surface area contributed by atoms with Crippen molar-refractivity contribution in [2.45, 2.75) is 39.2 Å². The van der Waals surface area contributed by atoms with Gasteiger partial charge < -0.3 is 10.2 Å². The number of aryl methyl sites for hydroxylation is 1. The van der Waals surface area contributed by atoms with Gasteiger partial charge in [-0.05, 0) is 36.0 Å². The average molecular weight is 257 g/mol. The third-order valence-electron chi connectivity index (χ3n) is 3.40. The van der Waals surface area contributed by atoms with E-state index < -0.39 is 5.60 Å². The van der Waals surface area contributed by atoms with Gasteiger partial charge in [0.25, 0.3) is 0 Å². The number of benzene rings is 1. The van der Waals surface area contributed by atoms with Crippen molar-refractivity contribution in [1.82, 2.24) is 0 Å². The van der Waals surface area contributed by atoms with Crippen LogP contribution in [0.15, 0.2) is 24.3 Å². The number of rotatable bonds is 4. The first-order valence-corrected chi connectivity index (χ1v) is 6.24. The predicted molar refractivity (Wildman–Crippen MR) is 71.3 cm³/mol. The molecule has 0 bridgehead atoms. The summed E-state index contributed by atoms with van der Waals surface area (Å²) in [5, 5.41) is 20.5. The van der Waals surface area contributed by atoms with Crippen molar-refractivity contribution in [3.63, 3.8) is 0 Å². The lowest BCUT2D eigenvalue weighted by molar-refractivity contribution is -0.0997. The fourth-order valence-corrected chi connectivity index (χ4v) is 1.82. The molecule has 2 N–H and O–H groups in total. The van der Waals surface area contributed by atoms with Crippen LogP contribution in [0.3, 0.4) is 0 Å². The summed E-state index contributed by atoms with van der Waals surface area (Å²) in [6.45, 7) is 5.59. The van der Waals surface area contributed by atoms with Crippen LogP contribution < -0.4 is 0 Å². The molecular weight excluding hydrogens is 236 g/mol. The smallest absolute Gasteiger partial charge is 0.0928 e. The molecule has 1 rings (SSSR count). The minimum atomic E-state index is -1.05. The maximum Gasteiger partial charge on any atom is 0.0928 e. The minimum Gasteiger partial charge on any atom is -0.393 e. The second-order valence-electron chi connectivity index (χ2n) is 5.57. The Balaban J connectivity index is 2.68. The van der Waals surface area contributed by atoms with Gasteiger partial charge in [-0.1, -0.05) is 44.5 Å². The summed E-state index contributed by atoms with van der Waals surface area (Å²) in [5.41, 5.74) is -0.272. The van der Waals surface area contributed by atoms with Gasteiger partial charge in [-0.2, -0.15) is 0 Å². The molecule has 0 fully saturated rings. The van der Waals surface area contributed by atoms with Gasteiger partial charge in [-0.3, -0.25) is 0 Å². The first-order chi connectivity index (χ1) is 7.78. The van der Waals surface area contributed by atoms with E-state index in [1.54, 1.807) is 0 Å². The predicted octanol–water partition coefficient (Wildman–Crippen LogP) is 3.04. The molecule has 96 valence electrons. The Bertz CT molecular complexity index is 353. The Morgan fingerprint density at radius 2 is 1.65 bits per heavy atom. The molecule has 1 atom stereocenters. The van der Waals surface area contributed by atoms with Crippen molar-refractivity contribution in [2.75, 3.05) is 6.61 Å². The van der Waals surface area contributed by atoms with Gasteiger partial charge >= 0.3 is 0 Å². The van der Waals surface area contributed by atoms with E-state index in [1.807, 2.05) is 45.0 Å². The second kappa shape index (κ2) is 5.38. The van der Waals surface area contributed by atoms with E-state index in [4.69, 9.17) is 11.6 Å². The van der Waals surface area contributed by atoms with E-state index in [1.165, 1.54) is 0 Å². The van der Waals surface area contributed by atoms with Gasteiger partial charge in [0.05, 0.1) is 12.2 Å². The topological polar surface area (TPSA) is 40.5 Å². The Morgan fingerprint density at radius 1 is 1.12 bits per heavy atom. The highest BCUT2D eigenvalue weighted by Gasteiger charge is 2.38. The highest BCUT2D eigenvalue weighted by molar-refractivity contribution is 6.30. The quantitative estimate of drug-likeness (QED) is 0.869. The van der Waals surface area contributed by atoms with Gasteiger partial charge in [0.15, 0.2) is 0 Å². The molecule has 0 aliphatic heterocycles. The van der Waals surface area contributed by atoms with Gasteiger partial charge in [-0.15, -0.1) is 0 Å². The molecule has 0 saturated heterocycles. The van der Waals surface area contributed by atoms with Gasteiger partial charge in [-0.25, -0.2) is 0 Å². The van der Waals surface area contributed by atoms with Gasteiger partial charge in [0.1, 0.15) is 0 Å². The number of hydrogen-bond donors (Lipinski definition) is 2. The van der Waals surface area contributed by atoms with E-state index in [2.05, 4.69) is 0 Å². The van der Waals surface area contributed by atoms with Gasteiger partial charge in [0.2, 0.25) is 0 Å². The van der Waals surface area contributed by atoms with E-state index in [0.29, 0.717) is 11.4 Å². The van der Waals surface area contributed by atoms with Crippen LogP contribution in [0.5, 0.6) is 0 Å². The van der Waals surface area contributed by atoms with Crippen molar-refractivity contribution in [3.8, 4) is 0 Å². The lowest BCUT2D eigenvalue weighted by Crippen LogP contribution is -2.46. The van der Waals surface area contributed by atoms with Crippen LogP contribution >= 0.6 is 11.6 Å². The van der Waals surface area contributed by atoms with Crippen molar-refractivity contribution in [3.05, 3.63) is 34.9 Å². The van der Waals surface area contributed by atoms with Crippen LogP contribution in [-0.4, -0.2) is 22.4 Å². The lowest BCUT2D eigenvalue weighted by atomic mass is 9.74. The third kappa shape index (κ3) is 3.70. The molecule has 0 aliphatic rings. The van der Waals surface area contributed by atoms with Crippen LogP contribution in [0.2, 0.25) is 5.02 Å². The second-order valence-corrected chi connectivity index (χ2v) is 6.00. The Kier molecular flexibility index (Phi) is 4.59. The molecule has 3 heteroatoms. The first-order valence-electron chi connectivity index (χ1n) is 5.86. The zero-order chi connectivity index (χ0) is 13.1. The standard InChI is InChI=1S/C14H21ClO2/c1-13(2,3)14(17,10-16)9-8-11-4-6-12(15)7-5-11/h4-7,16-17H,8-10H2,1-3H3. The normalized spacial score (nSPS) is 15.6. The lowest BCUT2D eigenvalue weighted by Gasteiger charge is -2.39. The molecule has 0 amide bonds. The molecule has 0 saturated carbocycles. The Morgan fingerprint density at radius 3 is 2.06 bits per heavy atom. The number of aliphatic hydroxyl groups is 2. The monoisotopic (exact) mass is 256 g/mol. The van der Waals surface area contributed by atoms with Crippen molar-refractivity contribution < 1.29 is 10.2 Å². The van der Waals surface area contributed by atoms with Crippen molar-refractivity contribution >= 4 is 11.6 Å². The molecule has 0 heterocycles. The molecule has 1 aromatic rings. The van der Waals surface area contributed by atoms with E-state index in [9.17, 15) is 10.2 Å². The molecule has 0 aromatic heterocycles. The van der Waals surface area contributed by atoms with E-state index in [-0.39, 0.29) is 12.0 Å². The third-order valence-corrected chi connectivity index (χ3v) is 3.65. The highest BCUT2D eigenvalue weighted by Crippen LogP contribution is 2.33. The highest BCUT2D eigenvalue weighted by atomic mass is 35.5. The van der Waals surface area contributed by atoms with Gasteiger partial charge in [0, 0.05) is 5.02 Å². The number of aliphatic hydroxyl groups excluding tert-OH is 1. The minimum absolute atomic E-state index is 0.218. The number of halogens is 1. The number of hydrogen-bond acceptors (Lipinski definition) is 2. The molecule has 1 unspecified atom stereocenters. The van der Waals surface area contributed by atoms with Crippen LogP contribution in [-0.2, 0) is 6.42 Å². The summed E-state index contributed by atoms with van der Waals surface area (Å²) in [6, 6.07) is 7.57. The Labute approximate surface area is 108 Å². The van der Waals surface area contributed by atoms with Crippen LogP contribution in [0, 0.1) is 5.41 Å². The largest absolute Gasteiger partial charge is 0.393 e. The van der Waals surface area contributed by atoms with E-state index >= 15 is 0 Å². The molecule has 17 heavy (non-hydrogen) atoms. The zero-order valence-electron chi connectivity index (χ0n) is 10.7. The van der Waals surface area contributed by atoms with Crippen molar-refractivity contribution in [1.29, 1.82) is 0 Å². The molecule has 0 radical (unpaired) electrons. The zero-order valence-corrected chi connectivity index (χ0v) is 11.5. The molecule has 1 aromatic carbocycles. The van der Waals surface area contributed by atoms with Crippen LogP contribution in [0.25, 0.3) is 0 Å². The van der Waals surface area contributed by atoms with Crippen LogP contribution in [0.1, 0.15) is 32.8 Å². The fraction of sp³-hybridized carbons (Fsp3) is 0.571. The summed E-state index contributed by atoms with van der Waals surface area (Å²) in [5.74, 6) is 0. The maximum atomic E-state index is 10.4.